The molecule has 5 aromatic rings. The molecule has 0 N–H and O–H groups in total. The molecule has 0 aliphatic carbocycles. The molecule has 3 aromatic heterocycles. The fourth-order valence-electron chi connectivity index (χ4n) is 4.45. The first kappa shape index (κ1) is 23.6. The van der Waals surface area contributed by atoms with Crippen LogP contribution in [-0.2, 0) is 0 Å². The maximum atomic E-state index is 6.17. The summed E-state index contributed by atoms with van der Waals surface area (Å²) in [6.07, 6.45) is 7.23. The van der Waals surface area contributed by atoms with Crippen molar-refractivity contribution in [3.8, 4) is 34.3 Å². The minimum Gasteiger partial charge on any atom is -0.493 e. The molecule has 0 bridgehead atoms. The molecule has 0 fully saturated rings. The number of rotatable bonds is 8. The van der Waals surface area contributed by atoms with Gasteiger partial charge in [0.1, 0.15) is 6.61 Å². The van der Waals surface area contributed by atoms with Crippen LogP contribution >= 0.6 is 0 Å². The molecule has 2 aromatic carbocycles. The molecule has 3 heterocycles. The summed E-state index contributed by atoms with van der Waals surface area (Å²) in [5.74, 6) is 2.26. The van der Waals surface area contributed by atoms with E-state index in [1.165, 1.54) is 0 Å². The molecule has 0 saturated carbocycles. The summed E-state index contributed by atoms with van der Waals surface area (Å²) in [6, 6.07) is 10.0. The molecular formula is C28H28N4O4. The van der Waals surface area contributed by atoms with E-state index >= 15 is 0 Å². The molecule has 0 spiro atoms. The van der Waals surface area contributed by atoms with Gasteiger partial charge >= 0.3 is 0 Å². The molecule has 8 heteroatoms. The van der Waals surface area contributed by atoms with Crippen molar-refractivity contribution in [2.75, 3.05) is 48.6 Å². The van der Waals surface area contributed by atoms with Crippen molar-refractivity contribution in [1.82, 2.24) is 19.9 Å². The van der Waals surface area contributed by atoms with E-state index in [4.69, 9.17) is 23.9 Å². The zero-order valence-corrected chi connectivity index (χ0v) is 21.0. The van der Waals surface area contributed by atoms with Crippen LogP contribution in [0.25, 0.3) is 43.6 Å². The van der Waals surface area contributed by atoms with Crippen LogP contribution < -0.4 is 18.9 Å². The number of nitrogens with zero attached hydrogens (tertiary/aromatic N) is 4. The Morgan fingerprint density at radius 2 is 1.50 bits per heavy atom. The number of fused-ring (bicyclic) bond motifs is 5. The van der Waals surface area contributed by atoms with Crippen LogP contribution in [0, 0.1) is 0 Å². The third-order valence-corrected chi connectivity index (χ3v) is 6.20. The van der Waals surface area contributed by atoms with Gasteiger partial charge in [0, 0.05) is 47.5 Å². The van der Waals surface area contributed by atoms with Crippen LogP contribution in [0.1, 0.15) is 0 Å². The summed E-state index contributed by atoms with van der Waals surface area (Å²) in [5, 5.41) is 4.77. The Kier molecular flexibility index (Phi) is 6.43. The van der Waals surface area contributed by atoms with Gasteiger partial charge in [-0.25, -0.2) is 4.98 Å². The zero-order chi connectivity index (χ0) is 25.2. The van der Waals surface area contributed by atoms with Crippen molar-refractivity contribution < 1.29 is 18.9 Å². The van der Waals surface area contributed by atoms with Crippen molar-refractivity contribution in [2.45, 2.75) is 0 Å². The van der Waals surface area contributed by atoms with Crippen molar-refractivity contribution in [3.63, 3.8) is 0 Å². The van der Waals surface area contributed by atoms with E-state index in [1.54, 1.807) is 39.9 Å². The van der Waals surface area contributed by atoms with Gasteiger partial charge in [-0.05, 0) is 60.9 Å². The fraction of sp³-hybridized carbons (Fsp3) is 0.250. The molecule has 184 valence electrons. The summed E-state index contributed by atoms with van der Waals surface area (Å²) in [7, 11) is 8.86. The van der Waals surface area contributed by atoms with Gasteiger partial charge in [0.05, 0.1) is 32.2 Å². The highest BCUT2D eigenvalue weighted by molar-refractivity contribution is 6.22. The Morgan fingerprint density at radius 3 is 2.17 bits per heavy atom. The Labute approximate surface area is 209 Å². The van der Waals surface area contributed by atoms with Crippen LogP contribution in [0.15, 0.2) is 55.1 Å². The van der Waals surface area contributed by atoms with Gasteiger partial charge in [-0.1, -0.05) is 0 Å². The Morgan fingerprint density at radius 1 is 0.806 bits per heavy atom. The fourth-order valence-corrected chi connectivity index (χ4v) is 4.45. The summed E-state index contributed by atoms with van der Waals surface area (Å²) in [4.78, 5) is 15.8. The van der Waals surface area contributed by atoms with E-state index in [-0.39, 0.29) is 0 Å². The molecule has 0 amide bonds. The average Bonchev–Trinajstić information content (AvgIpc) is 2.91. The van der Waals surface area contributed by atoms with E-state index in [0.29, 0.717) is 29.7 Å². The van der Waals surface area contributed by atoms with E-state index < -0.39 is 0 Å². The lowest BCUT2D eigenvalue weighted by Gasteiger charge is -2.18. The van der Waals surface area contributed by atoms with E-state index in [2.05, 4.69) is 20.9 Å². The second-order valence-electron chi connectivity index (χ2n) is 8.65. The Hall–Kier alpha value is -4.17. The summed E-state index contributed by atoms with van der Waals surface area (Å²) in [6.45, 7) is 1.29. The average molecular weight is 485 g/mol. The first-order valence-corrected chi connectivity index (χ1v) is 11.6. The number of ether oxygens (including phenoxy) is 4. The highest BCUT2D eigenvalue weighted by Gasteiger charge is 2.20. The molecule has 8 nitrogen and oxygen atoms in total. The maximum absolute atomic E-state index is 6.17. The van der Waals surface area contributed by atoms with Crippen LogP contribution in [0.3, 0.4) is 0 Å². The third-order valence-electron chi connectivity index (χ3n) is 6.20. The number of likely N-dealkylation sites (N-methyl/N-ethyl adjacent to an activating group) is 1. The lowest BCUT2D eigenvalue weighted by molar-refractivity contribution is 0.257. The summed E-state index contributed by atoms with van der Waals surface area (Å²) in [5.41, 5.74) is 2.70. The summed E-state index contributed by atoms with van der Waals surface area (Å²) >= 11 is 0. The molecule has 5 rings (SSSR count). The number of methoxy groups -OCH3 is 3. The smallest absolute Gasteiger partial charge is 0.223 e. The van der Waals surface area contributed by atoms with Crippen molar-refractivity contribution >= 4 is 32.4 Å². The Bertz CT molecular complexity index is 1540. The highest BCUT2D eigenvalue weighted by Crippen LogP contribution is 2.45. The predicted molar refractivity (Wildman–Crippen MR) is 141 cm³/mol. The molecule has 0 aliphatic heterocycles. The second kappa shape index (κ2) is 9.83. The van der Waals surface area contributed by atoms with Crippen molar-refractivity contribution in [1.29, 1.82) is 0 Å². The summed E-state index contributed by atoms with van der Waals surface area (Å²) < 4.78 is 23.0. The van der Waals surface area contributed by atoms with Gasteiger partial charge in [-0.2, -0.15) is 0 Å². The quantitative estimate of drug-likeness (QED) is 0.286. The Balaban J connectivity index is 1.87. The molecule has 0 saturated heterocycles. The van der Waals surface area contributed by atoms with Gasteiger partial charge in [-0.3, -0.25) is 9.97 Å². The lowest BCUT2D eigenvalue weighted by atomic mass is 9.93. The lowest BCUT2D eigenvalue weighted by Crippen LogP contribution is -2.19. The minimum absolute atomic E-state index is 0.512. The SMILES string of the molecule is COc1cc(-c2cc3ccncc3c3nc(OCCN(C)C)c4cnccc4c23)cc(OC)c1OC. The molecule has 0 radical (unpaired) electrons. The van der Waals surface area contributed by atoms with Crippen LogP contribution in [0.5, 0.6) is 23.1 Å². The van der Waals surface area contributed by atoms with Gasteiger partial charge in [0.15, 0.2) is 11.5 Å². The van der Waals surface area contributed by atoms with Gasteiger partial charge in [0.25, 0.3) is 0 Å². The zero-order valence-electron chi connectivity index (χ0n) is 21.0. The molecule has 0 aliphatic rings. The molecule has 0 unspecified atom stereocenters. The first-order chi connectivity index (χ1) is 17.5. The van der Waals surface area contributed by atoms with Gasteiger partial charge < -0.3 is 23.8 Å². The predicted octanol–water partition coefficient (Wildman–Crippen LogP) is 4.96. The first-order valence-electron chi connectivity index (χ1n) is 11.6. The van der Waals surface area contributed by atoms with Crippen molar-refractivity contribution in [3.05, 3.63) is 55.1 Å². The second-order valence-corrected chi connectivity index (χ2v) is 8.65. The van der Waals surface area contributed by atoms with E-state index in [9.17, 15) is 0 Å². The maximum Gasteiger partial charge on any atom is 0.223 e. The standard InChI is InChI=1S/C28H28N4O4/c1-32(2)10-11-36-28-22-16-30-9-7-19(22)25-20(12-17-6-8-29-15-21(17)26(25)31-28)18-13-23(33-3)27(35-5)24(14-18)34-4/h6-9,12-16H,10-11H2,1-5H3. The third kappa shape index (κ3) is 4.09. The number of aromatic nitrogens is 3. The molecule has 0 atom stereocenters. The number of hydrogen-bond donors (Lipinski definition) is 0. The number of pyridine rings is 3. The van der Waals surface area contributed by atoms with Crippen LogP contribution in [0.4, 0.5) is 0 Å². The van der Waals surface area contributed by atoms with Crippen LogP contribution in [-0.4, -0.2) is 68.4 Å². The number of benzene rings is 2. The normalized spacial score (nSPS) is 11.4. The molecular weight excluding hydrogens is 456 g/mol. The highest BCUT2D eigenvalue weighted by atomic mass is 16.5. The minimum atomic E-state index is 0.512. The van der Waals surface area contributed by atoms with E-state index in [0.717, 1.165) is 50.1 Å². The monoisotopic (exact) mass is 484 g/mol. The van der Waals surface area contributed by atoms with E-state index in [1.807, 2.05) is 44.6 Å². The van der Waals surface area contributed by atoms with Gasteiger partial charge in [0.2, 0.25) is 11.6 Å². The van der Waals surface area contributed by atoms with Gasteiger partial charge in [-0.15, -0.1) is 0 Å². The topological polar surface area (TPSA) is 78.8 Å². The number of hydrogen-bond acceptors (Lipinski definition) is 8. The van der Waals surface area contributed by atoms with Crippen molar-refractivity contribution in [2.24, 2.45) is 0 Å². The molecule has 36 heavy (non-hydrogen) atoms. The largest absolute Gasteiger partial charge is 0.493 e. The van der Waals surface area contributed by atoms with Crippen LogP contribution in [0.2, 0.25) is 0 Å².